The standard InChI is InChI=1S/C22H32N4OS/c1-16(2)14-26-19(5)18(4)23-22(26)28-15-21(27)25-11-9-24(10-12-25)20-8-6-7-17(3)13-20/h6-8,13,16H,9-12,14-15H2,1-5H3. The normalized spacial score (nSPS) is 14.8. The number of rotatable bonds is 6. The number of aryl methyl sites for hydroxylation is 2. The van der Waals surface area contributed by atoms with E-state index in [-0.39, 0.29) is 5.91 Å². The van der Waals surface area contributed by atoms with Gasteiger partial charge in [-0.3, -0.25) is 4.79 Å². The number of anilines is 1. The second-order valence-electron chi connectivity index (χ2n) is 8.07. The SMILES string of the molecule is Cc1cccc(N2CCN(C(=O)CSc3nc(C)c(C)n3CC(C)C)CC2)c1. The third-order valence-electron chi connectivity index (χ3n) is 5.29. The molecule has 1 aliphatic heterocycles. The van der Waals surface area contributed by atoms with E-state index in [2.05, 4.69) is 66.4 Å². The molecule has 0 N–H and O–H groups in total. The average Bonchev–Trinajstić information content (AvgIpc) is 2.93. The highest BCUT2D eigenvalue weighted by molar-refractivity contribution is 7.99. The third kappa shape index (κ3) is 4.90. The Balaban J connectivity index is 1.55. The van der Waals surface area contributed by atoms with E-state index >= 15 is 0 Å². The zero-order chi connectivity index (χ0) is 20.3. The van der Waals surface area contributed by atoms with Gasteiger partial charge in [0.1, 0.15) is 0 Å². The number of aromatic nitrogens is 2. The van der Waals surface area contributed by atoms with Crippen molar-refractivity contribution in [1.82, 2.24) is 14.5 Å². The highest BCUT2D eigenvalue weighted by atomic mass is 32.2. The van der Waals surface area contributed by atoms with Crippen LogP contribution in [0.15, 0.2) is 29.4 Å². The van der Waals surface area contributed by atoms with Crippen LogP contribution in [0.2, 0.25) is 0 Å². The van der Waals surface area contributed by atoms with E-state index in [1.54, 1.807) is 11.8 Å². The van der Waals surface area contributed by atoms with Crippen LogP contribution in [-0.4, -0.2) is 52.3 Å². The van der Waals surface area contributed by atoms with Gasteiger partial charge in [-0.2, -0.15) is 0 Å². The van der Waals surface area contributed by atoms with Crippen LogP contribution in [0, 0.1) is 26.7 Å². The van der Waals surface area contributed by atoms with Gasteiger partial charge in [0, 0.05) is 44.1 Å². The molecule has 3 rings (SSSR count). The van der Waals surface area contributed by atoms with E-state index in [9.17, 15) is 4.79 Å². The van der Waals surface area contributed by atoms with Crippen molar-refractivity contribution >= 4 is 23.4 Å². The van der Waals surface area contributed by atoms with Crippen molar-refractivity contribution < 1.29 is 4.79 Å². The molecule has 1 aromatic heterocycles. The summed E-state index contributed by atoms with van der Waals surface area (Å²) in [7, 11) is 0. The lowest BCUT2D eigenvalue weighted by atomic mass is 10.2. The van der Waals surface area contributed by atoms with Gasteiger partial charge in [0.15, 0.2) is 5.16 Å². The molecule has 1 aliphatic rings. The van der Waals surface area contributed by atoms with Gasteiger partial charge in [-0.05, 0) is 44.4 Å². The number of amides is 1. The van der Waals surface area contributed by atoms with Crippen LogP contribution in [0.25, 0.3) is 0 Å². The maximum atomic E-state index is 12.7. The lowest BCUT2D eigenvalue weighted by molar-refractivity contribution is -0.128. The minimum atomic E-state index is 0.211. The molecule has 1 saturated heterocycles. The number of carbonyl (C=O) groups excluding carboxylic acids is 1. The van der Waals surface area contributed by atoms with Crippen molar-refractivity contribution in [3.63, 3.8) is 0 Å². The first-order chi connectivity index (χ1) is 13.3. The summed E-state index contributed by atoms with van der Waals surface area (Å²) in [5.41, 5.74) is 4.79. The Bertz CT molecular complexity index is 822. The van der Waals surface area contributed by atoms with Crippen LogP contribution >= 0.6 is 11.8 Å². The second-order valence-corrected chi connectivity index (χ2v) is 9.01. The fourth-order valence-corrected chi connectivity index (χ4v) is 4.57. The molecule has 2 aromatic rings. The van der Waals surface area contributed by atoms with Gasteiger partial charge in [-0.25, -0.2) is 4.98 Å². The van der Waals surface area contributed by atoms with Gasteiger partial charge in [0.2, 0.25) is 5.91 Å². The van der Waals surface area contributed by atoms with Gasteiger partial charge in [0.05, 0.1) is 11.4 Å². The number of hydrogen-bond donors (Lipinski definition) is 0. The van der Waals surface area contributed by atoms with Gasteiger partial charge < -0.3 is 14.4 Å². The number of benzene rings is 1. The van der Waals surface area contributed by atoms with E-state index in [0.29, 0.717) is 11.7 Å². The Labute approximate surface area is 173 Å². The zero-order valence-corrected chi connectivity index (χ0v) is 18.6. The fourth-order valence-electron chi connectivity index (χ4n) is 3.57. The van der Waals surface area contributed by atoms with Crippen molar-refractivity contribution in [1.29, 1.82) is 0 Å². The van der Waals surface area contributed by atoms with Crippen LogP contribution in [0.3, 0.4) is 0 Å². The van der Waals surface area contributed by atoms with Gasteiger partial charge in [0.25, 0.3) is 0 Å². The van der Waals surface area contributed by atoms with Crippen molar-refractivity contribution in [3.8, 4) is 0 Å². The molecular weight excluding hydrogens is 368 g/mol. The highest BCUT2D eigenvalue weighted by Crippen LogP contribution is 2.23. The Morgan fingerprint density at radius 2 is 1.86 bits per heavy atom. The Hall–Kier alpha value is -1.95. The van der Waals surface area contributed by atoms with Gasteiger partial charge in [-0.1, -0.05) is 37.7 Å². The van der Waals surface area contributed by atoms with Crippen LogP contribution in [0.5, 0.6) is 0 Å². The third-order valence-corrected chi connectivity index (χ3v) is 6.26. The summed E-state index contributed by atoms with van der Waals surface area (Å²) in [5, 5.41) is 0.968. The highest BCUT2D eigenvalue weighted by Gasteiger charge is 2.22. The molecule has 1 aromatic carbocycles. The molecule has 0 saturated carbocycles. The monoisotopic (exact) mass is 400 g/mol. The molecule has 0 radical (unpaired) electrons. The van der Waals surface area contributed by atoms with Crippen LogP contribution in [-0.2, 0) is 11.3 Å². The molecule has 28 heavy (non-hydrogen) atoms. The van der Waals surface area contributed by atoms with Crippen LogP contribution in [0.1, 0.15) is 30.8 Å². The molecule has 0 unspecified atom stereocenters. The predicted molar refractivity (Wildman–Crippen MR) is 117 cm³/mol. The van der Waals surface area contributed by atoms with Crippen molar-refractivity contribution in [3.05, 3.63) is 41.2 Å². The quantitative estimate of drug-likeness (QED) is 0.690. The molecule has 0 atom stereocenters. The summed E-state index contributed by atoms with van der Waals surface area (Å²) in [4.78, 5) is 21.8. The number of piperazine rings is 1. The van der Waals surface area contributed by atoms with Crippen molar-refractivity contribution in [2.45, 2.75) is 46.3 Å². The minimum Gasteiger partial charge on any atom is -0.368 e. The van der Waals surface area contributed by atoms with E-state index in [4.69, 9.17) is 0 Å². The Morgan fingerprint density at radius 1 is 1.14 bits per heavy atom. The summed E-state index contributed by atoms with van der Waals surface area (Å²) in [6.45, 7) is 15.0. The molecule has 1 fully saturated rings. The molecule has 1 amide bonds. The van der Waals surface area contributed by atoms with Crippen molar-refractivity contribution in [2.75, 3.05) is 36.8 Å². The molecule has 0 bridgehead atoms. The van der Waals surface area contributed by atoms with Crippen LogP contribution in [0.4, 0.5) is 5.69 Å². The molecule has 5 nitrogen and oxygen atoms in total. The number of thioether (sulfide) groups is 1. The van der Waals surface area contributed by atoms with E-state index in [1.807, 2.05) is 11.8 Å². The molecule has 2 heterocycles. The smallest absolute Gasteiger partial charge is 0.233 e. The number of hydrogen-bond acceptors (Lipinski definition) is 4. The topological polar surface area (TPSA) is 41.4 Å². The summed E-state index contributed by atoms with van der Waals surface area (Å²) >= 11 is 1.57. The Morgan fingerprint density at radius 3 is 2.50 bits per heavy atom. The second kappa shape index (κ2) is 9.03. The van der Waals surface area contributed by atoms with Crippen molar-refractivity contribution in [2.24, 2.45) is 5.92 Å². The van der Waals surface area contributed by atoms with Gasteiger partial charge >= 0.3 is 0 Å². The number of imidazole rings is 1. The maximum absolute atomic E-state index is 12.7. The molecule has 152 valence electrons. The average molecular weight is 401 g/mol. The number of nitrogens with zero attached hydrogens (tertiary/aromatic N) is 4. The lowest BCUT2D eigenvalue weighted by Gasteiger charge is -2.36. The summed E-state index contributed by atoms with van der Waals surface area (Å²) in [6.07, 6.45) is 0. The first kappa shape index (κ1) is 20.8. The largest absolute Gasteiger partial charge is 0.368 e. The summed E-state index contributed by atoms with van der Waals surface area (Å²) in [6, 6.07) is 8.58. The lowest BCUT2D eigenvalue weighted by Crippen LogP contribution is -2.49. The van der Waals surface area contributed by atoms with E-state index in [1.165, 1.54) is 16.9 Å². The van der Waals surface area contributed by atoms with Crippen LogP contribution < -0.4 is 4.90 Å². The molecule has 0 aliphatic carbocycles. The predicted octanol–water partition coefficient (Wildman–Crippen LogP) is 3.91. The minimum absolute atomic E-state index is 0.211. The molecule has 0 spiro atoms. The first-order valence-electron chi connectivity index (χ1n) is 10.1. The fraction of sp³-hybridized carbons (Fsp3) is 0.545. The maximum Gasteiger partial charge on any atom is 0.233 e. The van der Waals surface area contributed by atoms with E-state index in [0.717, 1.165) is 43.6 Å². The first-order valence-corrected chi connectivity index (χ1v) is 11.1. The summed E-state index contributed by atoms with van der Waals surface area (Å²) in [5.74, 6) is 1.22. The number of carbonyl (C=O) groups is 1. The summed E-state index contributed by atoms with van der Waals surface area (Å²) < 4.78 is 2.26. The van der Waals surface area contributed by atoms with Gasteiger partial charge in [-0.15, -0.1) is 0 Å². The zero-order valence-electron chi connectivity index (χ0n) is 17.7. The Kier molecular flexibility index (Phi) is 6.70. The molecule has 6 heteroatoms. The molecular formula is C22H32N4OS. The van der Waals surface area contributed by atoms with E-state index < -0.39 is 0 Å².